The molecule has 0 heterocycles. The van der Waals surface area contributed by atoms with E-state index < -0.39 is 0 Å². The minimum atomic E-state index is 0.0339. The first-order valence-corrected chi connectivity index (χ1v) is 4.73. The maximum atomic E-state index is 9.93. The average molecular weight is 147 g/mol. The molecule has 0 atom stereocenters. The number of hydrogen-bond donors (Lipinski definition) is 0. The molecule has 0 spiro atoms. The summed E-state index contributed by atoms with van der Waals surface area (Å²) in [6.45, 7) is 2.20. The fourth-order valence-electron chi connectivity index (χ4n) is 0.690. The predicted molar refractivity (Wildman–Crippen MR) is 42.2 cm³/mol. The molecule has 1 radical (unpaired) electrons. The Kier molecular flexibility index (Phi) is 8.60. The normalized spacial score (nSPS) is 10.0. The molecule has 0 rings (SSSR count). The van der Waals surface area contributed by atoms with Crippen molar-refractivity contribution in [1.29, 1.82) is 0 Å². The van der Waals surface area contributed by atoms with Gasteiger partial charge in [0.25, 0.3) is 0 Å². The van der Waals surface area contributed by atoms with Gasteiger partial charge in [-0.1, -0.05) is 26.2 Å². The van der Waals surface area contributed by atoms with Crippen molar-refractivity contribution < 1.29 is 5.11 Å². The lowest BCUT2D eigenvalue weighted by Crippen LogP contribution is -1.81. The van der Waals surface area contributed by atoms with Crippen LogP contribution < -0.4 is 0 Å². The third-order valence-corrected chi connectivity index (χ3v) is 1.97. The highest BCUT2D eigenvalue weighted by Gasteiger charge is 1.86. The van der Waals surface area contributed by atoms with Gasteiger partial charge in [0.1, 0.15) is 5.94 Å². The third kappa shape index (κ3) is 8.31. The molecule has 1 nitrogen and oxygen atoms in total. The van der Waals surface area contributed by atoms with Crippen LogP contribution >= 0.6 is 11.8 Å². The van der Waals surface area contributed by atoms with Crippen molar-refractivity contribution in [2.24, 2.45) is 0 Å². The van der Waals surface area contributed by atoms with Crippen LogP contribution in [0.25, 0.3) is 0 Å². The summed E-state index contributed by atoms with van der Waals surface area (Å²) in [6.07, 6.45) is 5.12. The van der Waals surface area contributed by atoms with Crippen LogP contribution in [0.15, 0.2) is 0 Å². The Labute approximate surface area is 61.8 Å². The zero-order chi connectivity index (χ0) is 6.95. The molecule has 9 heavy (non-hydrogen) atoms. The lowest BCUT2D eigenvalue weighted by molar-refractivity contribution is 0.260. The molecule has 0 N–H and O–H groups in total. The van der Waals surface area contributed by atoms with Gasteiger partial charge in [-0.25, -0.2) is 5.11 Å². The van der Waals surface area contributed by atoms with Gasteiger partial charge in [-0.3, -0.25) is 0 Å². The van der Waals surface area contributed by atoms with Gasteiger partial charge in [-0.15, -0.1) is 11.8 Å². The van der Waals surface area contributed by atoms with Gasteiger partial charge in [0, 0.05) is 0 Å². The van der Waals surface area contributed by atoms with Gasteiger partial charge in [-0.05, 0) is 12.2 Å². The van der Waals surface area contributed by atoms with Crippen molar-refractivity contribution in [2.45, 2.75) is 32.6 Å². The summed E-state index contributed by atoms with van der Waals surface area (Å²) in [5, 5.41) is 9.93. The molecule has 0 bridgehead atoms. The molecule has 2 heteroatoms. The van der Waals surface area contributed by atoms with E-state index >= 15 is 0 Å². The first kappa shape index (κ1) is 9.31. The van der Waals surface area contributed by atoms with Gasteiger partial charge >= 0.3 is 0 Å². The molecule has 0 aliphatic rings. The molecular formula is C7H15OS. The second-order valence-electron chi connectivity index (χ2n) is 2.09. The minimum absolute atomic E-state index is 0.0339. The van der Waals surface area contributed by atoms with Gasteiger partial charge in [0.2, 0.25) is 0 Å². The predicted octanol–water partition coefficient (Wildman–Crippen LogP) is 2.69. The molecular weight excluding hydrogens is 132 g/mol. The highest BCUT2D eigenvalue weighted by Crippen LogP contribution is 2.05. The van der Waals surface area contributed by atoms with E-state index in [1.165, 1.54) is 37.4 Å². The number of rotatable bonds is 6. The van der Waals surface area contributed by atoms with Gasteiger partial charge in [-0.2, -0.15) is 0 Å². The summed E-state index contributed by atoms with van der Waals surface area (Å²) in [4.78, 5) is 0. The van der Waals surface area contributed by atoms with Crippen molar-refractivity contribution in [3.63, 3.8) is 0 Å². The second-order valence-corrected chi connectivity index (χ2v) is 3.14. The zero-order valence-corrected chi connectivity index (χ0v) is 6.88. The Bertz CT molecular complexity index is 42.2. The monoisotopic (exact) mass is 147 g/mol. The molecule has 0 saturated carbocycles. The highest BCUT2D eigenvalue weighted by molar-refractivity contribution is 7.99. The van der Waals surface area contributed by atoms with Crippen LogP contribution in [0.3, 0.4) is 0 Å². The molecule has 0 aliphatic heterocycles. The van der Waals surface area contributed by atoms with Crippen molar-refractivity contribution >= 4 is 11.8 Å². The number of unbranched alkanes of at least 4 members (excludes halogenated alkanes) is 3. The van der Waals surface area contributed by atoms with Crippen LogP contribution in [0.5, 0.6) is 0 Å². The fraction of sp³-hybridized carbons (Fsp3) is 1.00. The summed E-state index contributed by atoms with van der Waals surface area (Å²) >= 11 is 1.50. The van der Waals surface area contributed by atoms with E-state index in [1.807, 2.05) is 0 Å². The van der Waals surface area contributed by atoms with E-state index in [0.29, 0.717) is 0 Å². The van der Waals surface area contributed by atoms with E-state index in [1.54, 1.807) is 0 Å². The number of hydrogen-bond acceptors (Lipinski definition) is 1. The Morgan fingerprint density at radius 1 is 1.22 bits per heavy atom. The Balaban J connectivity index is 2.60. The van der Waals surface area contributed by atoms with Crippen LogP contribution in [0.1, 0.15) is 32.6 Å². The Morgan fingerprint density at radius 3 is 2.56 bits per heavy atom. The zero-order valence-electron chi connectivity index (χ0n) is 6.06. The van der Waals surface area contributed by atoms with E-state index in [9.17, 15) is 5.11 Å². The van der Waals surface area contributed by atoms with Crippen LogP contribution in [-0.4, -0.2) is 11.7 Å². The molecule has 0 aliphatic carbocycles. The van der Waals surface area contributed by atoms with Gasteiger partial charge in [0.15, 0.2) is 0 Å². The maximum absolute atomic E-state index is 9.93. The summed E-state index contributed by atoms with van der Waals surface area (Å²) < 4.78 is 0. The van der Waals surface area contributed by atoms with Crippen LogP contribution in [0.2, 0.25) is 0 Å². The summed E-state index contributed by atoms with van der Waals surface area (Å²) in [6, 6.07) is 0. The first-order chi connectivity index (χ1) is 4.41. The van der Waals surface area contributed by atoms with Crippen molar-refractivity contribution in [2.75, 3.05) is 11.7 Å². The lowest BCUT2D eigenvalue weighted by Gasteiger charge is -1.95. The molecule has 0 amide bonds. The summed E-state index contributed by atoms with van der Waals surface area (Å²) in [5.41, 5.74) is 0. The standard InChI is InChI=1S/C7H15OS/c1-2-3-4-5-6-9-7-8/h2-7H2,1H3. The smallest absolute Gasteiger partial charge is 0.128 e. The van der Waals surface area contributed by atoms with Gasteiger partial charge in [0.05, 0.1) is 0 Å². The SMILES string of the molecule is CCCCCCSC[O]. The third-order valence-electron chi connectivity index (χ3n) is 1.23. The van der Waals surface area contributed by atoms with E-state index in [-0.39, 0.29) is 5.94 Å². The van der Waals surface area contributed by atoms with Crippen molar-refractivity contribution in [3.8, 4) is 0 Å². The van der Waals surface area contributed by atoms with E-state index in [0.717, 1.165) is 5.75 Å². The topological polar surface area (TPSA) is 19.9 Å². The Hall–Kier alpha value is 0.310. The molecule has 0 saturated heterocycles. The van der Waals surface area contributed by atoms with Crippen LogP contribution in [0, 0.1) is 0 Å². The summed E-state index contributed by atoms with van der Waals surface area (Å²) in [7, 11) is 0. The molecule has 55 valence electrons. The van der Waals surface area contributed by atoms with E-state index in [4.69, 9.17) is 0 Å². The van der Waals surface area contributed by atoms with Crippen LogP contribution in [-0.2, 0) is 5.11 Å². The highest BCUT2D eigenvalue weighted by atomic mass is 32.2. The average Bonchev–Trinajstić information content (AvgIpc) is 1.89. The molecule has 0 aromatic carbocycles. The maximum Gasteiger partial charge on any atom is 0.128 e. The largest absolute Gasteiger partial charge is 0.225 e. The second kappa shape index (κ2) is 8.31. The Morgan fingerprint density at radius 2 is 2.00 bits per heavy atom. The minimum Gasteiger partial charge on any atom is -0.225 e. The lowest BCUT2D eigenvalue weighted by atomic mass is 10.2. The molecule has 0 fully saturated rings. The first-order valence-electron chi connectivity index (χ1n) is 3.57. The van der Waals surface area contributed by atoms with Crippen molar-refractivity contribution in [1.82, 2.24) is 0 Å². The van der Waals surface area contributed by atoms with Gasteiger partial charge < -0.3 is 0 Å². The van der Waals surface area contributed by atoms with E-state index in [2.05, 4.69) is 6.92 Å². The molecule has 0 aromatic rings. The van der Waals surface area contributed by atoms with Crippen molar-refractivity contribution in [3.05, 3.63) is 0 Å². The summed E-state index contributed by atoms with van der Waals surface area (Å²) in [5.74, 6) is 1.09. The van der Waals surface area contributed by atoms with Crippen LogP contribution in [0.4, 0.5) is 0 Å². The molecule has 0 aromatic heterocycles. The number of thioether (sulfide) groups is 1. The quantitative estimate of drug-likeness (QED) is 0.418. The fourth-order valence-corrected chi connectivity index (χ4v) is 1.22. The molecule has 0 unspecified atom stereocenters.